The molecule has 0 aliphatic heterocycles. The number of nitriles is 1. The highest BCUT2D eigenvalue weighted by atomic mass is 16.6. The molecule has 0 fully saturated rings. The quantitative estimate of drug-likeness (QED) is 0.411. The van der Waals surface area contributed by atoms with Crippen molar-refractivity contribution < 1.29 is 4.92 Å². The molecule has 1 aromatic carbocycles. The first-order chi connectivity index (χ1) is 6.74. The van der Waals surface area contributed by atoms with E-state index in [1.54, 1.807) is 24.3 Å². The van der Waals surface area contributed by atoms with Crippen LogP contribution in [0.2, 0.25) is 0 Å². The summed E-state index contributed by atoms with van der Waals surface area (Å²) in [6, 6.07) is 8.88. The number of nitrogens with zero attached hydrogens (tertiary/aromatic N) is 3. The van der Waals surface area contributed by atoms with Gasteiger partial charge >= 0.3 is 6.04 Å². The van der Waals surface area contributed by atoms with Gasteiger partial charge < -0.3 is 0 Å². The van der Waals surface area contributed by atoms with Gasteiger partial charge in [-0.25, -0.2) is 0 Å². The number of hydrogen-bond donors (Lipinski definition) is 0. The summed E-state index contributed by atoms with van der Waals surface area (Å²) in [5, 5.41) is 18.6. The molecule has 0 N–H and O–H groups in total. The van der Waals surface area contributed by atoms with E-state index in [0.717, 1.165) is 6.21 Å². The minimum Gasteiger partial charge on any atom is -0.263 e. The van der Waals surface area contributed by atoms with Crippen molar-refractivity contribution in [3.05, 3.63) is 40.4 Å². The summed E-state index contributed by atoms with van der Waals surface area (Å²) in [6.45, 7) is 0. The largest absolute Gasteiger partial charge is 0.331 e. The fourth-order valence-corrected chi connectivity index (χ4v) is 0.806. The van der Waals surface area contributed by atoms with Crippen LogP contribution >= 0.6 is 0 Å². The predicted octanol–water partition coefficient (Wildman–Crippen LogP) is 1.56. The molecule has 0 spiro atoms. The maximum absolute atomic E-state index is 10.2. The van der Waals surface area contributed by atoms with E-state index in [9.17, 15) is 10.1 Å². The van der Waals surface area contributed by atoms with Gasteiger partial charge in [0.15, 0.2) is 0 Å². The van der Waals surface area contributed by atoms with Gasteiger partial charge in [0.05, 0.1) is 11.9 Å². The Kier molecular flexibility index (Phi) is 3.33. The first-order valence-electron chi connectivity index (χ1n) is 3.86. The zero-order valence-corrected chi connectivity index (χ0v) is 7.20. The zero-order valence-electron chi connectivity index (χ0n) is 7.20. The molecule has 0 saturated heterocycles. The average molecular weight is 189 g/mol. The summed E-state index contributed by atoms with van der Waals surface area (Å²) in [6.07, 6.45) is 1.02. The topological polar surface area (TPSA) is 79.3 Å². The molecule has 1 unspecified atom stereocenters. The molecule has 5 nitrogen and oxygen atoms in total. The summed E-state index contributed by atoms with van der Waals surface area (Å²) in [7, 11) is 0. The van der Waals surface area contributed by atoms with Crippen LogP contribution in [-0.2, 0) is 0 Å². The molecule has 0 aliphatic carbocycles. The van der Waals surface area contributed by atoms with Crippen LogP contribution in [0.4, 0.5) is 5.69 Å². The highest BCUT2D eigenvalue weighted by molar-refractivity contribution is 5.70. The molecule has 1 atom stereocenters. The van der Waals surface area contributed by atoms with E-state index in [1.165, 1.54) is 6.07 Å². The second-order valence-electron chi connectivity index (χ2n) is 2.47. The Morgan fingerprint density at radius 3 is 2.64 bits per heavy atom. The fourth-order valence-electron chi connectivity index (χ4n) is 0.806. The molecular formula is C9H7N3O2. The molecule has 0 heterocycles. The highest BCUT2D eigenvalue weighted by Crippen LogP contribution is 2.08. The summed E-state index contributed by atoms with van der Waals surface area (Å²) in [5.41, 5.74) is 0.592. The number of rotatable bonds is 3. The molecule has 0 aromatic heterocycles. The van der Waals surface area contributed by atoms with E-state index < -0.39 is 11.0 Å². The van der Waals surface area contributed by atoms with Gasteiger partial charge in [-0.3, -0.25) is 15.1 Å². The molecule has 0 bridgehead atoms. The standard InChI is InChI=1S/C9H7N3O2/c10-6-9(12(13)14)7-11-8-4-2-1-3-5-8/h1-5,7,9H. The lowest BCUT2D eigenvalue weighted by atomic mass is 10.3. The van der Waals surface area contributed by atoms with Crippen molar-refractivity contribution in [3.63, 3.8) is 0 Å². The van der Waals surface area contributed by atoms with Crippen molar-refractivity contribution in [3.8, 4) is 6.07 Å². The van der Waals surface area contributed by atoms with E-state index in [4.69, 9.17) is 5.26 Å². The lowest BCUT2D eigenvalue weighted by Gasteiger charge is -1.93. The summed E-state index contributed by atoms with van der Waals surface area (Å²) >= 11 is 0. The SMILES string of the molecule is N#CC(C=Nc1ccccc1)[N+](=O)[O-]. The Balaban J connectivity index is 2.74. The van der Waals surface area contributed by atoms with Gasteiger partial charge in [-0.1, -0.05) is 18.2 Å². The van der Waals surface area contributed by atoms with E-state index in [1.807, 2.05) is 6.07 Å². The minimum absolute atomic E-state index is 0.592. The van der Waals surface area contributed by atoms with Crippen molar-refractivity contribution in [2.45, 2.75) is 6.04 Å². The average Bonchev–Trinajstić information content (AvgIpc) is 2.20. The van der Waals surface area contributed by atoms with Crippen molar-refractivity contribution in [1.82, 2.24) is 0 Å². The third-order valence-corrected chi connectivity index (χ3v) is 1.48. The first kappa shape index (κ1) is 9.86. The third kappa shape index (κ3) is 2.68. The normalized spacial score (nSPS) is 12.2. The van der Waals surface area contributed by atoms with Crippen LogP contribution in [0.3, 0.4) is 0 Å². The van der Waals surface area contributed by atoms with Crippen LogP contribution in [0.15, 0.2) is 35.3 Å². The predicted molar refractivity (Wildman–Crippen MR) is 51.0 cm³/mol. The van der Waals surface area contributed by atoms with E-state index >= 15 is 0 Å². The summed E-state index contributed by atoms with van der Waals surface area (Å²) in [5.74, 6) is 0. The molecule has 1 aromatic rings. The van der Waals surface area contributed by atoms with Crippen LogP contribution in [-0.4, -0.2) is 17.2 Å². The van der Waals surface area contributed by atoms with Gasteiger partial charge in [-0.15, -0.1) is 0 Å². The van der Waals surface area contributed by atoms with Crippen LogP contribution in [0, 0.1) is 21.4 Å². The number of hydrogen-bond acceptors (Lipinski definition) is 4. The maximum atomic E-state index is 10.2. The fraction of sp³-hybridized carbons (Fsp3) is 0.111. The molecular weight excluding hydrogens is 182 g/mol. The summed E-state index contributed by atoms with van der Waals surface area (Å²) < 4.78 is 0. The number of para-hydroxylation sites is 1. The molecule has 5 heteroatoms. The number of benzene rings is 1. The van der Waals surface area contributed by atoms with Crippen LogP contribution in [0.1, 0.15) is 0 Å². The zero-order chi connectivity index (χ0) is 10.4. The molecule has 1 rings (SSSR count). The second kappa shape index (κ2) is 4.72. The number of aliphatic imine (C=N–C) groups is 1. The minimum atomic E-state index is -1.38. The Morgan fingerprint density at radius 2 is 2.14 bits per heavy atom. The van der Waals surface area contributed by atoms with Crippen LogP contribution < -0.4 is 0 Å². The van der Waals surface area contributed by atoms with Gasteiger partial charge in [-0.05, 0) is 12.1 Å². The summed E-state index contributed by atoms with van der Waals surface area (Å²) in [4.78, 5) is 13.4. The van der Waals surface area contributed by atoms with E-state index in [0.29, 0.717) is 5.69 Å². The van der Waals surface area contributed by atoms with Crippen molar-refractivity contribution in [2.24, 2.45) is 4.99 Å². The second-order valence-corrected chi connectivity index (χ2v) is 2.47. The molecule has 0 amide bonds. The van der Waals surface area contributed by atoms with Crippen LogP contribution in [0.25, 0.3) is 0 Å². The first-order valence-corrected chi connectivity index (χ1v) is 3.86. The molecule has 0 aliphatic rings. The lowest BCUT2D eigenvalue weighted by molar-refractivity contribution is -0.486. The Morgan fingerprint density at radius 1 is 1.50 bits per heavy atom. The van der Waals surface area contributed by atoms with Gasteiger partial charge in [0, 0.05) is 4.92 Å². The van der Waals surface area contributed by atoms with Crippen molar-refractivity contribution >= 4 is 11.9 Å². The van der Waals surface area contributed by atoms with Crippen molar-refractivity contribution in [2.75, 3.05) is 0 Å². The lowest BCUT2D eigenvalue weighted by Crippen LogP contribution is -2.18. The highest BCUT2D eigenvalue weighted by Gasteiger charge is 2.14. The maximum Gasteiger partial charge on any atom is 0.331 e. The number of nitro groups is 1. The Hall–Kier alpha value is -2.22. The third-order valence-electron chi connectivity index (χ3n) is 1.48. The van der Waals surface area contributed by atoms with Gasteiger partial charge in [0.1, 0.15) is 6.07 Å². The molecule has 0 radical (unpaired) electrons. The van der Waals surface area contributed by atoms with Crippen LogP contribution in [0.5, 0.6) is 0 Å². The van der Waals surface area contributed by atoms with Gasteiger partial charge in [-0.2, -0.15) is 5.26 Å². The monoisotopic (exact) mass is 189 g/mol. The van der Waals surface area contributed by atoms with Gasteiger partial charge in [0.2, 0.25) is 0 Å². The molecule has 0 saturated carbocycles. The van der Waals surface area contributed by atoms with E-state index in [2.05, 4.69) is 4.99 Å². The smallest absolute Gasteiger partial charge is 0.263 e. The van der Waals surface area contributed by atoms with E-state index in [-0.39, 0.29) is 0 Å². The molecule has 14 heavy (non-hydrogen) atoms. The Bertz CT molecular complexity index is 381. The van der Waals surface area contributed by atoms with Gasteiger partial charge in [0.25, 0.3) is 0 Å². The molecule has 70 valence electrons. The van der Waals surface area contributed by atoms with Crippen molar-refractivity contribution in [1.29, 1.82) is 5.26 Å². The Labute approximate surface area is 80.5 Å².